The Hall–Kier alpha value is -1.20. The van der Waals surface area contributed by atoms with Crippen LogP contribution < -0.4 is 16.0 Å². The fourth-order valence-electron chi connectivity index (χ4n) is 2.00. The van der Waals surface area contributed by atoms with Gasteiger partial charge in [0.25, 0.3) is 6.43 Å². The number of hydrogen-bond acceptors (Lipinski definition) is 3. The van der Waals surface area contributed by atoms with E-state index in [0.717, 1.165) is 23.3 Å². The normalized spacial score (nSPS) is 15.8. The molecule has 5 heteroatoms. The summed E-state index contributed by atoms with van der Waals surface area (Å²) in [5.74, 6) is 5.99. The summed E-state index contributed by atoms with van der Waals surface area (Å²) in [6.45, 7) is 0.711. The van der Waals surface area contributed by atoms with Crippen molar-refractivity contribution in [3.63, 3.8) is 0 Å². The Morgan fingerprint density at radius 2 is 2.24 bits per heavy atom. The number of hydrogen-bond donors (Lipinski definition) is 2. The molecule has 1 aliphatic rings. The van der Waals surface area contributed by atoms with Crippen LogP contribution in [0.1, 0.15) is 17.5 Å². The highest BCUT2D eigenvalue weighted by Crippen LogP contribution is 2.26. The third-order valence-electron chi connectivity index (χ3n) is 3.02. The predicted molar refractivity (Wildman–Crippen MR) is 61.1 cm³/mol. The van der Waals surface area contributed by atoms with Gasteiger partial charge in [-0.2, -0.15) is 0 Å². The van der Waals surface area contributed by atoms with Gasteiger partial charge in [-0.3, -0.25) is 11.3 Å². The summed E-state index contributed by atoms with van der Waals surface area (Å²) in [5, 5.41) is 0. The van der Waals surface area contributed by atoms with E-state index < -0.39 is 12.5 Å². The lowest BCUT2D eigenvalue weighted by Crippen LogP contribution is -2.40. The van der Waals surface area contributed by atoms with Gasteiger partial charge in [-0.05, 0) is 30.0 Å². The van der Waals surface area contributed by atoms with Crippen LogP contribution in [0.25, 0.3) is 0 Å². The van der Waals surface area contributed by atoms with E-state index in [1.165, 1.54) is 0 Å². The van der Waals surface area contributed by atoms with Gasteiger partial charge in [-0.15, -0.1) is 0 Å². The molecule has 3 N–H and O–H groups in total. The van der Waals surface area contributed by atoms with Gasteiger partial charge >= 0.3 is 0 Å². The van der Waals surface area contributed by atoms with Crippen molar-refractivity contribution < 1.29 is 13.5 Å². The van der Waals surface area contributed by atoms with Gasteiger partial charge in [0.2, 0.25) is 0 Å². The SMILES string of the molecule is NNC(CCc1ccc2c(c1)CCO2)C(F)F. The molecular formula is C12H16F2N2O. The van der Waals surface area contributed by atoms with Gasteiger partial charge in [0.15, 0.2) is 0 Å². The zero-order valence-electron chi connectivity index (χ0n) is 9.46. The maximum atomic E-state index is 12.5. The molecule has 1 aromatic rings. The molecule has 1 atom stereocenters. The molecule has 0 spiro atoms. The molecule has 0 bridgehead atoms. The Labute approximate surface area is 98.9 Å². The number of rotatable bonds is 5. The number of alkyl halides is 2. The van der Waals surface area contributed by atoms with Crippen LogP contribution in [0.2, 0.25) is 0 Å². The van der Waals surface area contributed by atoms with Gasteiger partial charge < -0.3 is 4.74 Å². The largest absolute Gasteiger partial charge is 0.493 e. The Bertz CT molecular complexity index is 385. The third kappa shape index (κ3) is 2.92. The number of fused-ring (bicyclic) bond motifs is 1. The Morgan fingerprint density at radius 1 is 1.41 bits per heavy atom. The van der Waals surface area contributed by atoms with E-state index in [9.17, 15) is 8.78 Å². The summed E-state index contributed by atoms with van der Waals surface area (Å²) in [5.41, 5.74) is 4.36. The number of nitrogens with two attached hydrogens (primary N) is 1. The van der Waals surface area contributed by atoms with Gasteiger partial charge in [0.1, 0.15) is 5.75 Å². The monoisotopic (exact) mass is 242 g/mol. The van der Waals surface area contributed by atoms with Gasteiger partial charge in [0.05, 0.1) is 12.6 Å². The highest BCUT2D eigenvalue weighted by atomic mass is 19.3. The number of ether oxygens (including phenoxy) is 1. The smallest absolute Gasteiger partial charge is 0.255 e. The molecule has 2 rings (SSSR count). The van der Waals surface area contributed by atoms with E-state index in [-0.39, 0.29) is 0 Å². The number of hydrazine groups is 1. The molecule has 0 saturated heterocycles. The van der Waals surface area contributed by atoms with Crippen molar-refractivity contribution in [3.05, 3.63) is 29.3 Å². The third-order valence-corrected chi connectivity index (χ3v) is 3.02. The zero-order chi connectivity index (χ0) is 12.3. The Morgan fingerprint density at radius 3 is 2.94 bits per heavy atom. The van der Waals surface area contributed by atoms with Crippen LogP contribution in [0.4, 0.5) is 8.78 Å². The first kappa shape index (κ1) is 12.3. The number of aryl methyl sites for hydroxylation is 1. The molecule has 1 aromatic carbocycles. The van der Waals surface area contributed by atoms with E-state index >= 15 is 0 Å². The molecular weight excluding hydrogens is 226 g/mol. The maximum absolute atomic E-state index is 12.5. The predicted octanol–water partition coefficient (Wildman–Crippen LogP) is 1.65. The van der Waals surface area contributed by atoms with Crippen LogP contribution in [-0.4, -0.2) is 19.1 Å². The second-order valence-electron chi connectivity index (χ2n) is 4.19. The quantitative estimate of drug-likeness (QED) is 0.609. The summed E-state index contributed by atoms with van der Waals surface area (Å²) in [6.07, 6.45) is -0.616. The molecule has 0 aliphatic carbocycles. The molecule has 1 heterocycles. The standard InChI is InChI=1S/C12H16F2N2O/c13-12(14)10(16-15)3-1-8-2-4-11-9(7-8)5-6-17-11/h2,4,7,10,12,16H,1,3,5-6,15H2. The minimum Gasteiger partial charge on any atom is -0.493 e. The molecule has 0 aromatic heterocycles. The lowest BCUT2D eigenvalue weighted by atomic mass is 10.0. The molecule has 17 heavy (non-hydrogen) atoms. The van der Waals surface area contributed by atoms with E-state index in [2.05, 4.69) is 5.43 Å². The van der Waals surface area contributed by atoms with Crippen LogP contribution in [-0.2, 0) is 12.8 Å². The molecule has 0 fully saturated rings. The summed E-state index contributed by atoms with van der Waals surface area (Å²) in [7, 11) is 0. The Balaban J connectivity index is 1.95. The fourth-order valence-corrected chi connectivity index (χ4v) is 2.00. The van der Waals surface area contributed by atoms with Gasteiger partial charge in [-0.1, -0.05) is 12.1 Å². The molecule has 3 nitrogen and oxygen atoms in total. The average Bonchev–Trinajstić information content (AvgIpc) is 2.76. The Kier molecular flexibility index (Phi) is 3.91. The summed E-state index contributed by atoms with van der Waals surface area (Å²) >= 11 is 0. The zero-order valence-corrected chi connectivity index (χ0v) is 9.46. The van der Waals surface area contributed by atoms with Crippen molar-refractivity contribution in [1.29, 1.82) is 0 Å². The molecule has 94 valence electrons. The molecule has 0 saturated carbocycles. The maximum Gasteiger partial charge on any atom is 0.255 e. The van der Waals surface area contributed by atoms with Crippen molar-refractivity contribution in [3.8, 4) is 5.75 Å². The van der Waals surface area contributed by atoms with Crippen LogP contribution >= 0.6 is 0 Å². The molecule has 0 radical (unpaired) electrons. The van der Waals surface area contributed by atoms with E-state index in [1.54, 1.807) is 0 Å². The molecule has 1 aliphatic heterocycles. The van der Waals surface area contributed by atoms with Gasteiger partial charge in [0, 0.05) is 6.42 Å². The fraction of sp³-hybridized carbons (Fsp3) is 0.500. The van der Waals surface area contributed by atoms with Crippen molar-refractivity contribution in [2.75, 3.05) is 6.61 Å². The second kappa shape index (κ2) is 5.42. The molecule has 1 unspecified atom stereocenters. The van der Waals surface area contributed by atoms with Crippen LogP contribution in [0.15, 0.2) is 18.2 Å². The highest BCUT2D eigenvalue weighted by Gasteiger charge is 2.18. The van der Waals surface area contributed by atoms with Crippen LogP contribution in [0.3, 0.4) is 0 Å². The van der Waals surface area contributed by atoms with Crippen molar-refractivity contribution in [2.24, 2.45) is 5.84 Å². The van der Waals surface area contributed by atoms with Crippen LogP contribution in [0.5, 0.6) is 5.75 Å². The number of nitrogens with one attached hydrogen (secondary N) is 1. The summed E-state index contributed by atoms with van der Waals surface area (Å²) in [4.78, 5) is 0. The van der Waals surface area contributed by atoms with Gasteiger partial charge in [-0.25, -0.2) is 8.78 Å². The summed E-state index contributed by atoms with van der Waals surface area (Å²) in [6, 6.07) is 4.91. The van der Waals surface area contributed by atoms with E-state index in [1.807, 2.05) is 18.2 Å². The van der Waals surface area contributed by atoms with Crippen molar-refractivity contribution >= 4 is 0 Å². The van der Waals surface area contributed by atoms with E-state index in [0.29, 0.717) is 19.4 Å². The highest BCUT2D eigenvalue weighted by molar-refractivity contribution is 5.39. The van der Waals surface area contributed by atoms with Crippen molar-refractivity contribution in [1.82, 2.24) is 5.43 Å². The topological polar surface area (TPSA) is 47.3 Å². The number of halogens is 2. The first-order valence-corrected chi connectivity index (χ1v) is 5.69. The summed E-state index contributed by atoms with van der Waals surface area (Å²) < 4.78 is 30.3. The molecule has 0 amide bonds. The lowest BCUT2D eigenvalue weighted by Gasteiger charge is -2.14. The minimum atomic E-state index is -2.43. The van der Waals surface area contributed by atoms with Crippen LogP contribution in [0, 0.1) is 0 Å². The average molecular weight is 242 g/mol. The van der Waals surface area contributed by atoms with E-state index in [4.69, 9.17) is 10.6 Å². The number of benzene rings is 1. The first-order valence-electron chi connectivity index (χ1n) is 5.69. The second-order valence-corrected chi connectivity index (χ2v) is 4.19. The first-order chi connectivity index (χ1) is 8.20. The van der Waals surface area contributed by atoms with Crippen molar-refractivity contribution in [2.45, 2.75) is 31.7 Å². The lowest BCUT2D eigenvalue weighted by molar-refractivity contribution is 0.0945. The minimum absolute atomic E-state index is 0.327.